The summed E-state index contributed by atoms with van der Waals surface area (Å²) in [6.07, 6.45) is 6.42. The van der Waals surface area contributed by atoms with Crippen molar-refractivity contribution < 1.29 is 18.6 Å². The Labute approximate surface area is 205 Å². The second-order valence-corrected chi connectivity index (χ2v) is 8.14. The molecular weight excluding hydrogens is 445 g/mol. The van der Waals surface area contributed by atoms with E-state index in [0.29, 0.717) is 24.5 Å². The molecule has 2 aliphatic rings. The van der Waals surface area contributed by atoms with Crippen molar-refractivity contribution in [1.82, 2.24) is 4.98 Å². The zero-order chi connectivity index (χ0) is 24.8. The third-order valence-electron chi connectivity index (χ3n) is 5.86. The van der Waals surface area contributed by atoms with Crippen LogP contribution in [0.5, 0.6) is 11.5 Å². The maximum absolute atomic E-state index is 15.3. The van der Waals surface area contributed by atoms with Crippen LogP contribution in [0.25, 0.3) is 16.7 Å². The third kappa shape index (κ3) is 5.42. The van der Waals surface area contributed by atoms with E-state index >= 15 is 4.39 Å². The fourth-order valence-corrected chi connectivity index (χ4v) is 4.30. The van der Waals surface area contributed by atoms with Gasteiger partial charge in [0.1, 0.15) is 18.2 Å². The monoisotopic (exact) mass is 475 g/mol. The van der Waals surface area contributed by atoms with Crippen molar-refractivity contribution >= 4 is 11.4 Å². The molecule has 0 aliphatic carbocycles. The van der Waals surface area contributed by atoms with Crippen molar-refractivity contribution in [2.75, 3.05) is 26.4 Å². The number of nitrogens with zero attached hydrogens (tertiary/aromatic N) is 1. The average molecular weight is 476 g/mol. The standard InChI is InChI=1S/C26H24FN3O3.C2H6/c27-23-11-19(18-4-2-8-31-13-18)10-21-22(14-32-15-25(28)29)20-9-16(17-3-1-7-30-12-17)5-6-24(20)33-26(21)23;1-2/h1,3-7,9-12,22H,2,8,13-15H2,(H3,28,29);1-2H3. The summed E-state index contributed by atoms with van der Waals surface area (Å²) in [7, 11) is 0. The number of nitrogens with two attached hydrogens (primary N) is 1. The van der Waals surface area contributed by atoms with Gasteiger partial charge in [-0.25, -0.2) is 4.39 Å². The fourth-order valence-electron chi connectivity index (χ4n) is 4.30. The zero-order valence-corrected chi connectivity index (χ0v) is 20.0. The Morgan fingerprint density at radius 3 is 2.69 bits per heavy atom. The Morgan fingerprint density at radius 2 is 1.97 bits per heavy atom. The molecule has 0 saturated carbocycles. The molecule has 3 N–H and O–H groups in total. The first-order chi connectivity index (χ1) is 17.1. The van der Waals surface area contributed by atoms with Crippen molar-refractivity contribution in [2.45, 2.75) is 26.2 Å². The Morgan fingerprint density at radius 1 is 1.14 bits per heavy atom. The predicted octanol–water partition coefficient (Wildman–Crippen LogP) is 5.91. The highest BCUT2D eigenvalue weighted by Gasteiger charge is 2.31. The molecule has 1 aromatic heterocycles. The number of amidine groups is 1. The minimum atomic E-state index is -0.424. The van der Waals surface area contributed by atoms with E-state index in [9.17, 15) is 0 Å². The number of benzene rings is 2. The summed E-state index contributed by atoms with van der Waals surface area (Å²) in [5, 5.41) is 7.49. The van der Waals surface area contributed by atoms with Crippen LogP contribution in [0.15, 0.2) is 60.9 Å². The van der Waals surface area contributed by atoms with Crippen molar-refractivity contribution in [3.63, 3.8) is 0 Å². The van der Waals surface area contributed by atoms with Gasteiger partial charge in [-0.05, 0) is 53.5 Å². The molecule has 0 saturated heterocycles. The van der Waals surface area contributed by atoms with Crippen LogP contribution < -0.4 is 10.5 Å². The summed E-state index contributed by atoms with van der Waals surface area (Å²) in [4.78, 5) is 4.21. The number of pyridine rings is 1. The summed E-state index contributed by atoms with van der Waals surface area (Å²) in [6.45, 7) is 5.36. The highest BCUT2D eigenvalue weighted by molar-refractivity contribution is 5.78. The van der Waals surface area contributed by atoms with Gasteiger partial charge >= 0.3 is 0 Å². The first kappa shape index (κ1) is 24.6. The Bertz CT molecular complexity index is 1230. The SMILES string of the molecule is CC.N=C(N)COCC1c2cc(-c3cccnc3)ccc2Oc2c(F)cc(C3=CCCOC3)cc21. The smallest absolute Gasteiger partial charge is 0.167 e. The summed E-state index contributed by atoms with van der Waals surface area (Å²) < 4.78 is 32.6. The molecule has 0 bridgehead atoms. The van der Waals surface area contributed by atoms with Crippen LogP contribution in [0.2, 0.25) is 0 Å². The Balaban J connectivity index is 0.00000141. The van der Waals surface area contributed by atoms with E-state index in [1.807, 2.05) is 50.2 Å². The fraction of sp³-hybridized carbons (Fsp3) is 0.286. The van der Waals surface area contributed by atoms with Gasteiger partial charge in [-0.2, -0.15) is 0 Å². The number of fused-ring (bicyclic) bond motifs is 2. The minimum absolute atomic E-state index is 0.00544. The molecule has 3 aromatic rings. The third-order valence-corrected chi connectivity index (χ3v) is 5.86. The molecule has 0 radical (unpaired) electrons. The number of halogens is 1. The van der Waals surface area contributed by atoms with Gasteiger partial charge in [-0.15, -0.1) is 0 Å². The summed E-state index contributed by atoms with van der Waals surface area (Å²) in [5.74, 6) is 0.00965. The molecule has 35 heavy (non-hydrogen) atoms. The lowest BCUT2D eigenvalue weighted by Gasteiger charge is -2.30. The minimum Gasteiger partial charge on any atom is -0.454 e. The van der Waals surface area contributed by atoms with Crippen LogP contribution in [0.1, 0.15) is 42.9 Å². The van der Waals surface area contributed by atoms with Gasteiger partial charge in [0, 0.05) is 35.0 Å². The van der Waals surface area contributed by atoms with Gasteiger partial charge in [-0.1, -0.05) is 32.1 Å². The highest BCUT2D eigenvalue weighted by atomic mass is 19.1. The lowest BCUT2D eigenvalue weighted by molar-refractivity contribution is 0.159. The number of nitrogens with one attached hydrogen (secondary N) is 1. The quantitative estimate of drug-likeness (QED) is 0.342. The lowest BCUT2D eigenvalue weighted by atomic mass is 9.85. The van der Waals surface area contributed by atoms with Crippen LogP contribution >= 0.6 is 0 Å². The molecule has 0 amide bonds. The Hall–Kier alpha value is -3.55. The summed E-state index contributed by atoms with van der Waals surface area (Å²) in [5.41, 5.74) is 10.8. The van der Waals surface area contributed by atoms with Crippen LogP contribution in [0, 0.1) is 11.2 Å². The van der Waals surface area contributed by atoms with E-state index in [2.05, 4.69) is 11.1 Å². The van der Waals surface area contributed by atoms with Crippen molar-refractivity contribution in [3.05, 3.63) is 83.4 Å². The number of hydrogen-bond donors (Lipinski definition) is 2. The Kier molecular flexibility index (Phi) is 7.90. The van der Waals surface area contributed by atoms with Crippen LogP contribution in [-0.4, -0.2) is 37.2 Å². The van der Waals surface area contributed by atoms with Crippen molar-refractivity contribution in [2.24, 2.45) is 5.73 Å². The molecule has 1 atom stereocenters. The maximum atomic E-state index is 15.3. The van der Waals surface area contributed by atoms with E-state index in [1.54, 1.807) is 12.4 Å². The topological polar surface area (TPSA) is 90.5 Å². The lowest BCUT2D eigenvalue weighted by Crippen LogP contribution is -2.22. The number of hydrogen-bond acceptors (Lipinski definition) is 5. The van der Waals surface area contributed by atoms with Gasteiger partial charge in [0.25, 0.3) is 0 Å². The van der Waals surface area contributed by atoms with Gasteiger partial charge in [0.2, 0.25) is 0 Å². The molecule has 2 aliphatic heterocycles. The van der Waals surface area contributed by atoms with E-state index < -0.39 is 5.82 Å². The number of aromatic nitrogens is 1. The highest BCUT2D eigenvalue weighted by Crippen LogP contribution is 2.47. The summed E-state index contributed by atoms with van der Waals surface area (Å²) in [6, 6.07) is 13.2. The van der Waals surface area contributed by atoms with Gasteiger partial charge < -0.3 is 19.9 Å². The first-order valence-electron chi connectivity index (χ1n) is 11.8. The van der Waals surface area contributed by atoms with E-state index in [1.165, 1.54) is 6.07 Å². The molecule has 7 heteroatoms. The van der Waals surface area contributed by atoms with Gasteiger partial charge in [0.05, 0.1) is 19.8 Å². The molecule has 6 nitrogen and oxygen atoms in total. The molecule has 5 rings (SSSR count). The average Bonchev–Trinajstić information content (AvgIpc) is 2.90. The molecule has 2 aromatic carbocycles. The second-order valence-electron chi connectivity index (χ2n) is 8.14. The molecule has 182 valence electrons. The molecule has 0 fully saturated rings. The molecule has 3 heterocycles. The second kappa shape index (κ2) is 11.3. The van der Waals surface area contributed by atoms with Crippen LogP contribution in [0.3, 0.4) is 0 Å². The van der Waals surface area contributed by atoms with Crippen molar-refractivity contribution in [1.29, 1.82) is 5.41 Å². The predicted molar refractivity (Wildman–Crippen MR) is 135 cm³/mol. The summed E-state index contributed by atoms with van der Waals surface area (Å²) >= 11 is 0. The van der Waals surface area contributed by atoms with E-state index in [0.717, 1.165) is 34.2 Å². The number of rotatable bonds is 6. The zero-order valence-electron chi connectivity index (χ0n) is 20.0. The molecule has 1 unspecified atom stereocenters. The van der Waals surface area contributed by atoms with Gasteiger partial charge in [-0.3, -0.25) is 10.4 Å². The van der Waals surface area contributed by atoms with Crippen molar-refractivity contribution in [3.8, 4) is 22.6 Å². The normalized spacial score (nSPS) is 16.1. The number of ether oxygens (including phenoxy) is 3. The van der Waals surface area contributed by atoms with Crippen LogP contribution in [-0.2, 0) is 9.47 Å². The molecular formula is C28H30FN3O3. The van der Waals surface area contributed by atoms with E-state index in [4.69, 9.17) is 25.4 Å². The van der Waals surface area contributed by atoms with Crippen LogP contribution in [0.4, 0.5) is 4.39 Å². The maximum Gasteiger partial charge on any atom is 0.167 e. The first-order valence-corrected chi connectivity index (χ1v) is 11.8. The largest absolute Gasteiger partial charge is 0.454 e. The molecule has 0 spiro atoms. The van der Waals surface area contributed by atoms with Gasteiger partial charge in [0.15, 0.2) is 11.6 Å². The van der Waals surface area contributed by atoms with E-state index in [-0.39, 0.29) is 30.7 Å².